The van der Waals surface area contributed by atoms with Gasteiger partial charge in [-0.3, -0.25) is 0 Å². The molecule has 1 unspecified atom stereocenters. The molecule has 0 heterocycles. The van der Waals surface area contributed by atoms with Crippen LogP contribution >= 0.6 is 0 Å². The Balaban J connectivity index is 2.48. The van der Waals surface area contributed by atoms with Crippen LogP contribution in [0.25, 0.3) is 0 Å². The minimum absolute atomic E-state index is 0.00739. The minimum atomic E-state index is -0.649. The highest BCUT2D eigenvalue weighted by atomic mass is 16.7. The van der Waals surface area contributed by atoms with Gasteiger partial charge < -0.3 is 14.6 Å². The van der Waals surface area contributed by atoms with Gasteiger partial charge in [-0.25, -0.2) is 4.79 Å². The summed E-state index contributed by atoms with van der Waals surface area (Å²) in [5.74, 6) is 1.53. The Bertz CT molecular complexity index is 240. The molecule has 1 fully saturated rings. The average molecular weight is 244 g/mol. The van der Waals surface area contributed by atoms with E-state index in [0.717, 1.165) is 12.8 Å². The number of hydrogen-bond donors (Lipinski definition) is 1. The molecule has 0 spiro atoms. The van der Waals surface area contributed by atoms with Crippen LogP contribution in [-0.2, 0) is 9.47 Å². The van der Waals surface area contributed by atoms with E-state index in [1.807, 2.05) is 0 Å². The molecule has 1 N–H and O–H groups in total. The van der Waals surface area contributed by atoms with E-state index in [9.17, 15) is 4.79 Å². The first-order valence-corrected chi connectivity index (χ1v) is 6.48. The zero-order valence-corrected chi connectivity index (χ0v) is 11.0. The number of aliphatic hydroxyl groups excluding tert-OH is 1. The van der Waals surface area contributed by atoms with Crippen LogP contribution in [0.5, 0.6) is 0 Å². The van der Waals surface area contributed by atoms with Crippen molar-refractivity contribution in [3.8, 4) is 0 Å². The highest BCUT2D eigenvalue weighted by molar-refractivity contribution is 5.60. The highest BCUT2D eigenvalue weighted by Gasteiger charge is 2.33. The monoisotopic (exact) mass is 244 g/mol. The van der Waals surface area contributed by atoms with E-state index in [-0.39, 0.29) is 19.3 Å². The van der Waals surface area contributed by atoms with Crippen molar-refractivity contribution in [2.75, 3.05) is 13.2 Å². The van der Waals surface area contributed by atoms with Gasteiger partial charge in [0.15, 0.2) is 0 Å². The summed E-state index contributed by atoms with van der Waals surface area (Å²) in [6.07, 6.45) is 2.54. The zero-order valence-electron chi connectivity index (χ0n) is 11.0. The van der Waals surface area contributed by atoms with E-state index in [4.69, 9.17) is 14.6 Å². The maximum absolute atomic E-state index is 11.4. The molecule has 0 aromatic carbocycles. The number of ether oxygens (including phenoxy) is 2. The third kappa shape index (κ3) is 4.54. The predicted molar refractivity (Wildman–Crippen MR) is 64.6 cm³/mol. The topological polar surface area (TPSA) is 55.8 Å². The average Bonchev–Trinajstić information content (AvgIpc) is 2.26. The summed E-state index contributed by atoms with van der Waals surface area (Å²) in [7, 11) is 0. The SMILES string of the molecule is CC(C)C1CC[C@@H](C)C[C@H]1OC(=O)OCCO. The molecule has 0 amide bonds. The third-order valence-electron chi connectivity index (χ3n) is 3.52. The van der Waals surface area contributed by atoms with Crippen LogP contribution in [-0.4, -0.2) is 30.6 Å². The Kier molecular flexibility index (Phi) is 5.75. The van der Waals surface area contributed by atoms with Gasteiger partial charge in [0.1, 0.15) is 12.7 Å². The fourth-order valence-electron chi connectivity index (χ4n) is 2.54. The van der Waals surface area contributed by atoms with Gasteiger partial charge in [-0.1, -0.05) is 27.2 Å². The normalized spacial score (nSPS) is 29.1. The molecule has 1 aliphatic rings. The van der Waals surface area contributed by atoms with Crippen molar-refractivity contribution in [3.05, 3.63) is 0 Å². The lowest BCUT2D eigenvalue weighted by Gasteiger charge is -2.36. The number of hydrogen-bond acceptors (Lipinski definition) is 4. The van der Waals surface area contributed by atoms with Gasteiger partial charge >= 0.3 is 6.16 Å². The first-order chi connectivity index (χ1) is 8.04. The summed E-state index contributed by atoms with van der Waals surface area (Å²) in [5, 5.41) is 8.57. The second kappa shape index (κ2) is 6.84. The molecule has 0 aromatic rings. The Morgan fingerprint density at radius 2 is 2.12 bits per heavy atom. The van der Waals surface area contributed by atoms with Crippen LogP contribution in [0.4, 0.5) is 4.79 Å². The van der Waals surface area contributed by atoms with Crippen LogP contribution in [0.15, 0.2) is 0 Å². The standard InChI is InChI=1S/C13H24O4/c1-9(2)11-5-4-10(3)8-12(11)17-13(15)16-7-6-14/h9-12,14H,4-8H2,1-3H3/t10-,11?,12-/m1/s1. The van der Waals surface area contributed by atoms with Gasteiger partial charge in [0.05, 0.1) is 6.61 Å². The maximum atomic E-state index is 11.4. The molecule has 0 aromatic heterocycles. The minimum Gasteiger partial charge on any atom is -0.432 e. The summed E-state index contributed by atoms with van der Waals surface area (Å²) >= 11 is 0. The van der Waals surface area contributed by atoms with Crippen molar-refractivity contribution in [2.24, 2.45) is 17.8 Å². The van der Waals surface area contributed by atoms with Gasteiger partial charge in [0.25, 0.3) is 0 Å². The first-order valence-electron chi connectivity index (χ1n) is 6.48. The van der Waals surface area contributed by atoms with E-state index >= 15 is 0 Å². The largest absolute Gasteiger partial charge is 0.508 e. The molecule has 0 aliphatic heterocycles. The Hall–Kier alpha value is -0.770. The van der Waals surface area contributed by atoms with E-state index in [2.05, 4.69) is 20.8 Å². The Morgan fingerprint density at radius 3 is 2.71 bits per heavy atom. The fourth-order valence-corrected chi connectivity index (χ4v) is 2.54. The number of rotatable bonds is 4. The van der Waals surface area contributed by atoms with E-state index in [1.54, 1.807) is 0 Å². The van der Waals surface area contributed by atoms with Crippen LogP contribution in [0, 0.1) is 17.8 Å². The van der Waals surface area contributed by atoms with Crippen molar-refractivity contribution in [1.29, 1.82) is 0 Å². The van der Waals surface area contributed by atoms with Crippen molar-refractivity contribution < 1.29 is 19.4 Å². The number of carbonyl (C=O) groups excluding carboxylic acids is 1. The molecule has 1 aliphatic carbocycles. The second-order valence-corrected chi connectivity index (χ2v) is 5.30. The molecular weight excluding hydrogens is 220 g/mol. The molecule has 3 atom stereocenters. The second-order valence-electron chi connectivity index (χ2n) is 5.30. The van der Waals surface area contributed by atoms with Crippen LogP contribution in [0.1, 0.15) is 40.0 Å². The summed E-state index contributed by atoms with van der Waals surface area (Å²) in [6.45, 7) is 6.36. The van der Waals surface area contributed by atoms with Crippen molar-refractivity contribution in [2.45, 2.75) is 46.1 Å². The molecule has 1 saturated carbocycles. The summed E-state index contributed by atoms with van der Waals surface area (Å²) in [5.41, 5.74) is 0. The maximum Gasteiger partial charge on any atom is 0.508 e. The molecule has 0 radical (unpaired) electrons. The van der Waals surface area contributed by atoms with Gasteiger partial charge in [-0.15, -0.1) is 0 Å². The highest BCUT2D eigenvalue weighted by Crippen LogP contribution is 2.35. The quantitative estimate of drug-likeness (QED) is 0.772. The van der Waals surface area contributed by atoms with Crippen molar-refractivity contribution in [1.82, 2.24) is 0 Å². The Morgan fingerprint density at radius 1 is 1.41 bits per heavy atom. The van der Waals surface area contributed by atoms with Gasteiger partial charge in [0, 0.05) is 0 Å². The Labute approximate surface area is 103 Å². The molecule has 17 heavy (non-hydrogen) atoms. The molecule has 1 rings (SSSR count). The van der Waals surface area contributed by atoms with Gasteiger partial charge in [-0.2, -0.15) is 0 Å². The smallest absolute Gasteiger partial charge is 0.432 e. The molecule has 4 nitrogen and oxygen atoms in total. The third-order valence-corrected chi connectivity index (χ3v) is 3.52. The molecule has 4 heteroatoms. The van der Waals surface area contributed by atoms with E-state index < -0.39 is 6.16 Å². The summed E-state index contributed by atoms with van der Waals surface area (Å²) in [6, 6.07) is 0. The lowest BCUT2D eigenvalue weighted by molar-refractivity contribution is -0.0351. The first kappa shape index (κ1) is 14.3. The molecule has 0 saturated heterocycles. The zero-order chi connectivity index (χ0) is 12.8. The summed E-state index contributed by atoms with van der Waals surface area (Å²) < 4.78 is 10.1. The summed E-state index contributed by atoms with van der Waals surface area (Å²) in [4.78, 5) is 11.4. The van der Waals surface area contributed by atoms with Crippen LogP contribution < -0.4 is 0 Å². The fraction of sp³-hybridized carbons (Fsp3) is 0.923. The van der Waals surface area contributed by atoms with Gasteiger partial charge in [0.2, 0.25) is 0 Å². The molecule has 0 bridgehead atoms. The molecule has 100 valence electrons. The van der Waals surface area contributed by atoms with Gasteiger partial charge in [-0.05, 0) is 30.6 Å². The van der Waals surface area contributed by atoms with E-state index in [1.165, 1.54) is 6.42 Å². The lowest BCUT2D eigenvalue weighted by atomic mass is 9.75. The van der Waals surface area contributed by atoms with Crippen molar-refractivity contribution in [3.63, 3.8) is 0 Å². The van der Waals surface area contributed by atoms with Crippen LogP contribution in [0.3, 0.4) is 0 Å². The lowest BCUT2D eigenvalue weighted by Crippen LogP contribution is -2.36. The van der Waals surface area contributed by atoms with E-state index in [0.29, 0.717) is 17.8 Å². The predicted octanol–water partition coefficient (Wildman–Crippen LogP) is 2.59. The van der Waals surface area contributed by atoms with Crippen LogP contribution in [0.2, 0.25) is 0 Å². The number of aliphatic hydroxyl groups is 1. The number of carbonyl (C=O) groups is 1. The van der Waals surface area contributed by atoms with Crippen molar-refractivity contribution >= 4 is 6.16 Å². The molecular formula is C13H24O4.